The summed E-state index contributed by atoms with van der Waals surface area (Å²) in [7, 11) is -6.57. The molecular formula is C32H51NO6SSi. The van der Waals surface area contributed by atoms with Crippen molar-refractivity contribution in [2.75, 3.05) is 5.75 Å². The van der Waals surface area contributed by atoms with Crippen LogP contribution in [0.2, 0.25) is 18.1 Å². The Morgan fingerprint density at radius 2 is 1.71 bits per heavy atom. The van der Waals surface area contributed by atoms with Crippen LogP contribution in [-0.2, 0) is 24.0 Å². The molecule has 2 aliphatic carbocycles. The fourth-order valence-corrected chi connectivity index (χ4v) is 11.8. The van der Waals surface area contributed by atoms with Crippen LogP contribution in [-0.4, -0.2) is 55.7 Å². The average Bonchev–Trinajstić information content (AvgIpc) is 3.35. The maximum Gasteiger partial charge on any atom is 0.245 e. The SMILES string of the molecule is CCC(=O)C(C)(C)[C@H](O[Si](C)(C)C(C)(C)C)C(C(=O)N1[C@@H]2C[C@@H]3CC[C@@]2(CS1(=O)=O)C3(C)C)C(O)c1ccccc1. The molecule has 2 saturated carbocycles. The molecule has 1 aromatic carbocycles. The molecule has 1 amide bonds. The quantitative estimate of drug-likeness (QED) is 0.342. The predicted octanol–water partition coefficient (Wildman–Crippen LogP) is 6.10. The molecular weight excluding hydrogens is 555 g/mol. The fraction of sp³-hybridized carbons (Fsp3) is 0.750. The Kier molecular flexibility index (Phi) is 8.11. The van der Waals surface area contributed by atoms with E-state index in [1.807, 2.05) is 6.07 Å². The van der Waals surface area contributed by atoms with Crippen molar-refractivity contribution in [2.45, 2.75) is 117 Å². The van der Waals surface area contributed by atoms with E-state index in [-0.39, 0.29) is 28.4 Å². The predicted molar refractivity (Wildman–Crippen MR) is 164 cm³/mol. The lowest BCUT2D eigenvalue weighted by Crippen LogP contribution is -2.58. The molecule has 230 valence electrons. The second-order valence-electron chi connectivity index (χ2n) is 15.4. The third kappa shape index (κ3) is 4.96. The van der Waals surface area contributed by atoms with Crippen molar-refractivity contribution in [2.24, 2.45) is 28.1 Å². The summed E-state index contributed by atoms with van der Waals surface area (Å²) in [4.78, 5) is 28.5. The number of carbonyl (C=O) groups is 2. The van der Waals surface area contributed by atoms with Crippen LogP contribution in [0.1, 0.15) is 92.7 Å². The van der Waals surface area contributed by atoms with Crippen LogP contribution in [0.5, 0.6) is 0 Å². The van der Waals surface area contributed by atoms with Gasteiger partial charge in [0.25, 0.3) is 0 Å². The standard InChI is InChI=1S/C32H51NO6SSi/c1-11-24(34)30(5,6)27(39-41(9,10)29(2,3)4)25(26(35)21-15-13-12-14-16-21)28(36)33-23-19-22-17-18-32(23,31(22,7)8)20-40(33,37)38/h12-16,22-23,25-27,35H,11,17-20H2,1-10H3/t22-,23+,25?,26?,27+,32-/m0/s1. The number of ketones is 1. The topological polar surface area (TPSA) is 101 Å². The first kappa shape index (κ1) is 32.4. The van der Waals surface area contributed by atoms with Crippen molar-refractivity contribution < 1.29 is 27.5 Å². The van der Waals surface area contributed by atoms with Gasteiger partial charge in [-0.2, -0.15) is 0 Å². The van der Waals surface area contributed by atoms with E-state index >= 15 is 0 Å². The highest BCUT2D eigenvalue weighted by Gasteiger charge is 2.73. The Morgan fingerprint density at radius 1 is 1.12 bits per heavy atom. The largest absolute Gasteiger partial charge is 0.412 e. The molecule has 1 aromatic rings. The molecule has 1 spiro atoms. The van der Waals surface area contributed by atoms with Gasteiger partial charge in [0, 0.05) is 17.3 Å². The Balaban J connectivity index is 1.91. The average molecular weight is 606 g/mol. The minimum absolute atomic E-state index is 0.0564. The molecule has 3 aliphatic rings. The normalized spacial score (nSPS) is 29.2. The third-order valence-electron chi connectivity index (χ3n) is 11.7. The van der Waals surface area contributed by atoms with Crippen LogP contribution in [0.3, 0.4) is 0 Å². The maximum atomic E-state index is 14.9. The van der Waals surface area contributed by atoms with E-state index < -0.39 is 59.2 Å². The van der Waals surface area contributed by atoms with Crippen molar-refractivity contribution in [3.8, 4) is 0 Å². The van der Waals surface area contributed by atoms with Gasteiger partial charge in [-0.15, -0.1) is 0 Å². The molecule has 3 fully saturated rings. The first-order chi connectivity index (χ1) is 18.7. The lowest BCUT2D eigenvalue weighted by molar-refractivity contribution is -0.151. The highest BCUT2D eigenvalue weighted by Crippen LogP contribution is 2.70. The summed E-state index contributed by atoms with van der Waals surface area (Å²) in [6.45, 7) is 20.0. The molecule has 7 nitrogen and oxygen atoms in total. The number of nitrogens with zero attached hydrogens (tertiary/aromatic N) is 1. The first-order valence-corrected chi connectivity index (χ1v) is 19.7. The number of aliphatic hydroxyl groups is 1. The van der Waals surface area contributed by atoms with E-state index in [9.17, 15) is 23.1 Å². The molecule has 1 saturated heterocycles. The van der Waals surface area contributed by atoms with Gasteiger partial charge in [-0.05, 0) is 54.3 Å². The molecule has 2 unspecified atom stereocenters. The zero-order valence-electron chi connectivity index (χ0n) is 26.7. The smallest absolute Gasteiger partial charge is 0.245 e. The van der Waals surface area contributed by atoms with Crippen molar-refractivity contribution >= 4 is 30.0 Å². The van der Waals surface area contributed by atoms with Crippen LogP contribution < -0.4 is 0 Å². The highest BCUT2D eigenvalue weighted by molar-refractivity contribution is 7.90. The van der Waals surface area contributed by atoms with Gasteiger partial charge in [0.15, 0.2) is 8.32 Å². The molecule has 9 heteroatoms. The molecule has 0 aromatic heterocycles. The van der Waals surface area contributed by atoms with Crippen molar-refractivity contribution in [1.29, 1.82) is 0 Å². The summed E-state index contributed by atoms with van der Waals surface area (Å²) >= 11 is 0. The zero-order valence-corrected chi connectivity index (χ0v) is 28.5. The minimum Gasteiger partial charge on any atom is -0.412 e. The van der Waals surface area contributed by atoms with Gasteiger partial charge < -0.3 is 9.53 Å². The Hall–Kier alpha value is -1.55. The Bertz CT molecular complexity index is 1280. The van der Waals surface area contributed by atoms with Crippen LogP contribution in [0.4, 0.5) is 0 Å². The molecule has 6 atom stereocenters. The summed E-state index contributed by atoms with van der Waals surface area (Å²) in [5.41, 5.74) is -1.37. The highest BCUT2D eigenvalue weighted by atomic mass is 32.2. The van der Waals surface area contributed by atoms with Gasteiger partial charge in [0.05, 0.1) is 29.9 Å². The van der Waals surface area contributed by atoms with Gasteiger partial charge in [0.1, 0.15) is 5.78 Å². The van der Waals surface area contributed by atoms with Crippen LogP contribution in [0, 0.1) is 28.1 Å². The number of benzene rings is 1. The number of rotatable bonds is 9. The molecule has 41 heavy (non-hydrogen) atoms. The maximum absolute atomic E-state index is 14.9. The van der Waals surface area contributed by atoms with E-state index in [0.717, 1.165) is 17.1 Å². The number of fused-ring (bicyclic) bond motifs is 1. The van der Waals surface area contributed by atoms with E-state index in [0.29, 0.717) is 17.9 Å². The number of carbonyl (C=O) groups excluding carboxylic acids is 2. The molecule has 0 radical (unpaired) electrons. The second-order valence-corrected chi connectivity index (χ2v) is 22.0. The number of amides is 1. The van der Waals surface area contributed by atoms with Gasteiger partial charge in [-0.3, -0.25) is 9.59 Å². The Morgan fingerprint density at radius 3 is 2.22 bits per heavy atom. The Labute approximate surface area is 248 Å². The molecule has 2 bridgehead atoms. The summed E-state index contributed by atoms with van der Waals surface area (Å²) in [5, 5.41) is 11.8. The van der Waals surface area contributed by atoms with Gasteiger partial charge in [-0.25, -0.2) is 12.7 Å². The van der Waals surface area contributed by atoms with Crippen molar-refractivity contribution in [3.63, 3.8) is 0 Å². The second kappa shape index (κ2) is 10.3. The molecule has 1 N–H and O–H groups in total. The number of aliphatic hydroxyl groups excluding tert-OH is 1. The molecule has 1 heterocycles. The van der Waals surface area contributed by atoms with E-state index in [1.165, 1.54) is 0 Å². The van der Waals surface area contributed by atoms with Crippen LogP contribution >= 0.6 is 0 Å². The summed E-state index contributed by atoms with van der Waals surface area (Å²) in [6.07, 6.45) is 0.214. The number of sulfonamides is 1. The van der Waals surface area contributed by atoms with E-state index in [4.69, 9.17) is 4.43 Å². The van der Waals surface area contributed by atoms with Gasteiger partial charge in [0.2, 0.25) is 15.9 Å². The minimum atomic E-state index is -3.95. The number of Topliss-reactive ketones (excluding diaryl/α,β-unsaturated/α-hetero) is 1. The summed E-state index contributed by atoms with van der Waals surface area (Å²) in [6, 6.07) is 8.43. The lowest BCUT2D eigenvalue weighted by atomic mass is 9.68. The number of hydrogen-bond acceptors (Lipinski definition) is 6. The van der Waals surface area contributed by atoms with Gasteiger partial charge >= 0.3 is 0 Å². The third-order valence-corrected chi connectivity index (χ3v) is 18.1. The van der Waals surface area contributed by atoms with Gasteiger partial charge in [-0.1, -0.05) is 85.7 Å². The van der Waals surface area contributed by atoms with Crippen LogP contribution in [0.25, 0.3) is 0 Å². The molecule has 1 aliphatic heterocycles. The summed E-state index contributed by atoms with van der Waals surface area (Å²) < 4.78 is 36.1. The van der Waals surface area contributed by atoms with Crippen molar-refractivity contribution in [1.82, 2.24) is 4.31 Å². The van der Waals surface area contributed by atoms with Crippen LogP contribution in [0.15, 0.2) is 30.3 Å². The first-order valence-electron chi connectivity index (χ1n) is 15.2. The molecule has 4 rings (SSSR count). The fourth-order valence-electron chi connectivity index (χ4n) is 7.79. The van der Waals surface area contributed by atoms with Crippen molar-refractivity contribution in [3.05, 3.63) is 35.9 Å². The van der Waals surface area contributed by atoms with E-state index in [2.05, 4.69) is 47.7 Å². The summed E-state index contributed by atoms with van der Waals surface area (Å²) in [5.74, 6) is -1.75. The number of hydrogen-bond donors (Lipinski definition) is 1. The zero-order chi connectivity index (χ0) is 31.0. The monoisotopic (exact) mass is 605 g/mol. The van der Waals surface area contributed by atoms with E-state index in [1.54, 1.807) is 45.0 Å². The lowest BCUT2D eigenvalue weighted by Gasteiger charge is -2.48.